The molecule has 2 aromatic carbocycles. The molecule has 2 nitrogen and oxygen atoms in total. The number of hydrogen-bond acceptors (Lipinski definition) is 1. The van der Waals surface area contributed by atoms with E-state index in [1.807, 2.05) is 18.2 Å². The Labute approximate surface area is 121 Å². The molecule has 0 bridgehead atoms. The summed E-state index contributed by atoms with van der Waals surface area (Å²) >= 11 is 0. The second-order valence-corrected chi connectivity index (χ2v) is 5.19. The van der Waals surface area contributed by atoms with E-state index in [-0.39, 0.29) is 5.91 Å². The molecule has 0 aliphatic heterocycles. The van der Waals surface area contributed by atoms with Gasteiger partial charge in [-0.05, 0) is 35.2 Å². The number of amides is 1. The van der Waals surface area contributed by atoms with Crippen molar-refractivity contribution in [1.82, 2.24) is 4.90 Å². The summed E-state index contributed by atoms with van der Waals surface area (Å²) in [7, 11) is 3.56. The molecule has 0 atom stereocenters. The third kappa shape index (κ3) is 3.08. The minimum atomic E-state index is 0.0415. The predicted octanol–water partition coefficient (Wildman–Crippen LogP) is 4.01. The average Bonchev–Trinajstić information content (AvgIpc) is 2.47. The molecule has 1 amide bonds. The van der Waals surface area contributed by atoms with Crippen LogP contribution in [0.25, 0.3) is 11.1 Å². The number of hydrogen-bond donors (Lipinski definition) is 0. The van der Waals surface area contributed by atoms with Crippen molar-refractivity contribution in [2.24, 2.45) is 0 Å². The Bertz CT molecular complexity index is 602. The number of carbonyl (C=O) groups is 1. The fraction of sp³-hybridized carbons (Fsp3) is 0.278. The van der Waals surface area contributed by atoms with Gasteiger partial charge in [-0.15, -0.1) is 0 Å². The van der Waals surface area contributed by atoms with Crippen molar-refractivity contribution in [3.63, 3.8) is 0 Å². The molecule has 0 aliphatic carbocycles. The number of carbonyl (C=O) groups excluding carboxylic acids is 1. The zero-order valence-corrected chi connectivity index (χ0v) is 12.4. The Balaban J connectivity index is 2.43. The van der Waals surface area contributed by atoms with Crippen molar-refractivity contribution >= 4 is 5.91 Å². The number of nitrogens with zero attached hydrogens (tertiary/aromatic N) is 1. The van der Waals surface area contributed by atoms with Crippen molar-refractivity contribution in [3.05, 3.63) is 59.7 Å². The van der Waals surface area contributed by atoms with Gasteiger partial charge >= 0.3 is 0 Å². The van der Waals surface area contributed by atoms with E-state index >= 15 is 0 Å². The zero-order valence-electron chi connectivity index (χ0n) is 12.4. The van der Waals surface area contributed by atoms with E-state index in [2.05, 4.69) is 37.3 Å². The molecule has 0 N–H and O–H groups in total. The third-order valence-electron chi connectivity index (χ3n) is 3.36. The lowest BCUT2D eigenvalue weighted by molar-refractivity contribution is 0.0827. The fourth-order valence-corrected chi connectivity index (χ4v) is 2.37. The molecular weight excluding hydrogens is 246 g/mol. The molecule has 0 saturated carbocycles. The number of aryl methyl sites for hydroxylation is 1. The maximum atomic E-state index is 12.1. The first kappa shape index (κ1) is 14.3. The van der Waals surface area contributed by atoms with Crippen molar-refractivity contribution in [1.29, 1.82) is 0 Å². The second-order valence-electron chi connectivity index (χ2n) is 5.19. The largest absolute Gasteiger partial charge is 0.345 e. The van der Waals surface area contributed by atoms with Crippen LogP contribution >= 0.6 is 0 Å². The van der Waals surface area contributed by atoms with Crippen LogP contribution < -0.4 is 0 Å². The molecule has 2 aromatic rings. The molecule has 0 aromatic heterocycles. The van der Waals surface area contributed by atoms with Gasteiger partial charge in [0.05, 0.1) is 0 Å². The van der Waals surface area contributed by atoms with Crippen molar-refractivity contribution < 1.29 is 4.79 Å². The van der Waals surface area contributed by atoms with E-state index in [1.165, 1.54) is 11.1 Å². The van der Waals surface area contributed by atoms with Crippen LogP contribution in [0.5, 0.6) is 0 Å². The lowest BCUT2D eigenvalue weighted by Gasteiger charge is -2.13. The molecular formula is C18H21NO. The molecule has 0 fully saturated rings. The monoisotopic (exact) mass is 267 g/mol. The number of benzene rings is 2. The second kappa shape index (κ2) is 6.38. The van der Waals surface area contributed by atoms with Crippen molar-refractivity contribution in [2.75, 3.05) is 14.1 Å². The van der Waals surface area contributed by atoms with Crippen molar-refractivity contribution in [3.8, 4) is 11.1 Å². The highest BCUT2D eigenvalue weighted by Crippen LogP contribution is 2.25. The summed E-state index contributed by atoms with van der Waals surface area (Å²) in [6.07, 6.45) is 2.18. The van der Waals surface area contributed by atoms with Gasteiger partial charge in [0.1, 0.15) is 0 Å². The SMILES string of the molecule is CCCc1ccccc1-c1cccc(C(=O)N(C)C)c1. The molecule has 0 saturated heterocycles. The quantitative estimate of drug-likeness (QED) is 0.819. The standard InChI is InChI=1S/C18H21NO/c1-4-8-14-9-5-6-12-17(14)15-10-7-11-16(13-15)18(20)19(2)3/h5-7,9-13H,4,8H2,1-3H3. The minimum absolute atomic E-state index is 0.0415. The summed E-state index contributed by atoms with van der Waals surface area (Å²) in [5.41, 5.74) is 4.41. The van der Waals surface area contributed by atoms with E-state index in [0.29, 0.717) is 0 Å². The van der Waals surface area contributed by atoms with Gasteiger partial charge in [0.15, 0.2) is 0 Å². The van der Waals surface area contributed by atoms with Crippen LogP contribution in [0.3, 0.4) is 0 Å². The summed E-state index contributed by atoms with van der Waals surface area (Å²) in [5.74, 6) is 0.0415. The summed E-state index contributed by atoms with van der Waals surface area (Å²) < 4.78 is 0. The van der Waals surface area contributed by atoms with Crippen LogP contribution in [0.2, 0.25) is 0 Å². The van der Waals surface area contributed by atoms with Crippen LogP contribution in [0, 0.1) is 0 Å². The van der Waals surface area contributed by atoms with Gasteiger partial charge in [0, 0.05) is 19.7 Å². The maximum Gasteiger partial charge on any atom is 0.253 e. The smallest absolute Gasteiger partial charge is 0.253 e. The predicted molar refractivity (Wildman–Crippen MR) is 83.9 cm³/mol. The first-order valence-corrected chi connectivity index (χ1v) is 7.03. The van der Waals surface area contributed by atoms with E-state index in [0.717, 1.165) is 24.0 Å². The minimum Gasteiger partial charge on any atom is -0.345 e. The van der Waals surface area contributed by atoms with Crippen LogP contribution in [0.15, 0.2) is 48.5 Å². The molecule has 0 radical (unpaired) electrons. The zero-order chi connectivity index (χ0) is 14.5. The lowest BCUT2D eigenvalue weighted by Crippen LogP contribution is -2.21. The Hall–Kier alpha value is -2.09. The maximum absolute atomic E-state index is 12.1. The van der Waals surface area contributed by atoms with Gasteiger partial charge in [-0.2, -0.15) is 0 Å². The van der Waals surface area contributed by atoms with Crippen LogP contribution in [0.1, 0.15) is 29.3 Å². The van der Waals surface area contributed by atoms with Gasteiger partial charge in [-0.1, -0.05) is 49.7 Å². The van der Waals surface area contributed by atoms with Gasteiger partial charge in [-0.3, -0.25) is 4.79 Å². The molecule has 20 heavy (non-hydrogen) atoms. The molecule has 0 spiro atoms. The summed E-state index contributed by atoms with van der Waals surface area (Å²) in [5, 5.41) is 0. The van der Waals surface area contributed by atoms with Gasteiger partial charge < -0.3 is 4.90 Å². The molecule has 0 unspecified atom stereocenters. The first-order valence-electron chi connectivity index (χ1n) is 7.03. The molecule has 0 heterocycles. The van der Waals surface area contributed by atoms with Gasteiger partial charge in [0.25, 0.3) is 5.91 Å². The molecule has 104 valence electrons. The van der Waals surface area contributed by atoms with Gasteiger partial charge in [-0.25, -0.2) is 0 Å². The third-order valence-corrected chi connectivity index (χ3v) is 3.36. The Morgan fingerprint density at radius 1 is 1.05 bits per heavy atom. The highest BCUT2D eigenvalue weighted by Gasteiger charge is 2.10. The van der Waals surface area contributed by atoms with E-state index in [9.17, 15) is 4.79 Å². The molecule has 2 heteroatoms. The van der Waals surface area contributed by atoms with E-state index in [1.54, 1.807) is 19.0 Å². The number of rotatable bonds is 4. The summed E-state index contributed by atoms with van der Waals surface area (Å²) in [6, 6.07) is 16.3. The molecule has 2 rings (SSSR count). The first-order chi connectivity index (χ1) is 9.63. The van der Waals surface area contributed by atoms with Gasteiger partial charge in [0.2, 0.25) is 0 Å². The summed E-state index contributed by atoms with van der Waals surface area (Å²) in [6.45, 7) is 2.18. The normalized spacial score (nSPS) is 10.3. The average molecular weight is 267 g/mol. The Morgan fingerprint density at radius 3 is 2.50 bits per heavy atom. The van der Waals surface area contributed by atoms with Crippen LogP contribution in [-0.4, -0.2) is 24.9 Å². The fourth-order valence-electron chi connectivity index (χ4n) is 2.37. The van der Waals surface area contributed by atoms with Crippen LogP contribution in [-0.2, 0) is 6.42 Å². The highest BCUT2D eigenvalue weighted by molar-refractivity contribution is 5.95. The Kier molecular flexibility index (Phi) is 4.57. The van der Waals surface area contributed by atoms with Crippen molar-refractivity contribution in [2.45, 2.75) is 19.8 Å². The topological polar surface area (TPSA) is 20.3 Å². The van der Waals surface area contributed by atoms with E-state index in [4.69, 9.17) is 0 Å². The van der Waals surface area contributed by atoms with Crippen LogP contribution in [0.4, 0.5) is 0 Å². The lowest BCUT2D eigenvalue weighted by atomic mass is 9.95. The summed E-state index contributed by atoms with van der Waals surface area (Å²) in [4.78, 5) is 13.7. The highest BCUT2D eigenvalue weighted by atomic mass is 16.2. The molecule has 0 aliphatic rings. The Morgan fingerprint density at radius 2 is 1.80 bits per heavy atom. The van der Waals surface area contributed by atoms with E-state index < -0.39 is 0 Å².